The predicted octanol–water partition coefficient (Wildman–Crippen LogP) is 1.53. The van der Waals surface area contributed by atoms with Gasteiger partial charge in [0.15, 0.2) is 0 Å². The van der Waals surface area contributed by atoms with Gasteiger partial charge in [-0.3, -0.25) is 9.78 Å². The molecular formula is C11H15NO3. The molecule has 1 unspecified atom stereocenters. The van der Waals surface area contributed by atoms with Gasteiger partial charge >= 0.3 is 5.97 Å². The lowest BCUT2D eigenvalue weighted by atomic mass is 9.83. The van der Waals surface area contributed by atoms with Crippen molar-refractivity contribution < 1.29 is 15.0 Å². The molecule has 0 fully saturated rings. The molecule has 0 saturated heterocycles. The van der Waals surface area contributed by atoms with Crippen LogP contribution in [0.4, 0.5) is 0 Å². The second-order valence-corrected chi connectivity index (χ2v) is 4.16. The summed E-state index contributed by atoms with van der Waals surface area (Å²) in [6, 6.07) is 3.44. The molecule has 82 valence electrons. The van der Waals surface area contributed by atoms with Gasteiger partial charge in [0.1, 0.15) is 0 Å². The van der Waals surface area contributed by atoms with Gasteiger partial charge in [-0.15, -0.1) is 0 Å². The SMILES string of the molecule is Cc1ccc(C(O)C(C)(C)C(=O)O)cn1. The third-order valence-corrected chi connectivity index (χ3v) is 2.48. The van der Waals surface area contributed by atoms with Crippen LogP contribution in [0.2, 0.25) is 0 Å². The lowest BCUT2D eigenvalue weighted by Crippen LogP contribution is -2.31. The monoisotopic (exact) mass is 209 g/mol. The van der Waals surface area contributed by atoms with Crippen LogP contribution >= 0.6 is 0 Å². The summed E-state index contributed by atoms with van der Waals surface area (Å²) in [5.41, 5.74) is 0.142. The van der Waals surface area contributed by atoms with E-state index in [0.717, 1.165) is 5.69 Å². The molecule has 0 saturated carbocycles. The van der Waals surface area contributed by atoms with Gasteiger partial charge in [0.05, 0.1) is 11.5 Å². The summed E-state index contributed by atoms with van der Waals surface area (Å²) in [6.45, 7) is 4.80. The van der Waals surface area contributed by atoms with Crippen molar-refractivity contribution in [3.8, 4) is 0 Å². The summed E-state index contributed by atoms with van der Waals surface area (Å²) >= 11 is 0. The summed E-state index contributed by atoms with van der Waals surface area (Å²) in [5.74, 6) is -1.03. The third-order valence-electron chi connectivity index (χ3n) is 2.48. The number of pyridine rings is 1. The Morgan fingerprint density at radius 1 is 1.47 bits per heavy atom. The van der Waals surface area contributed by atoms with Crippen molar-refractivity contribution in [1.82, 2.24) is 4.98 Å². The molecule has 0 amide bonds. The van der Waals surface area contributed by atoms with E-state index in [4.69, 9.17) is 5.11 Å². The first kappa shape index (κ1) is 11.7. The summed E-state index contributed by atoms with van der Waals surface area (Å²) in [5, 5.41) is 18.8. The van der Waals surface area contributed by atoms with Crippen LogP contribution in [0, 0.1) is 12.3 Å². The van der Waals surface area contributed by atoms with Crippen LogP contribution in [-0.4, -0.2) is 21.2 Å². The van der Waals surface area contributed by atoms with Gasteiger partial charge in [0.25, 0.3) is 0 Å². The second-order valence-electron chi connectivity index (χ2n) is 4.16. The van der Waals surface area contributed by atoms with Crippen LogP contribution in [0.3, 0.4) is 0 Å². The minimum atomic E-state index is -1.21. The highest BCUT2D eigenvalue weighted by atomic mass is 16.4. The number of aliphatic carboxylic acids is 1. The molecule has 1 atom stereocenters. The van der Waals surface area contributed by atoms with Crippen molar-refractivity contribution in [2.45, 2.75) is 26.9 Å². The van der Waals surface area contributed by atoms with Crippen molar-refractivity contribution in [3.63, 3.8) is 0 Å². The Balaban J connectivity index is 2.99. The second kappa shape index (κ2) is 3.98. The first-order chi connectivity index (χ1) is 6.85. The smallest absolute Gasteiger partial charge is 0.312 e. The van der Waals surface area contributed by atoms with Crippen LogP contribution in [0.1, 0.15) is 31.2 Å². The van der Waals surface area contributed by atoms with Crippen molar-refractivity contribution in [2.24, 2.45) is 5.41 Å². The maximum Gasteiger partial charge on any atom is 0.312 e. The largest absolute Gasteiger partial charge is 0.481 e. The number of carboxylic acid groups (broad SMARTS) is 1. The Morgan fingerprint density at radius 2 is 2.07 bits per heavy atom. The molecule has 0 aromatic carbocycles. The topological polar surface area (TPSA) is 70.4 Å². The molecular weight excluding hydrogens is 194 g/mol. The summed E-state index contributed by atoms with van der Waals surface area (Å²) in [4.78, 5) is 14.9. The van der Waals surface area contributed by atoms with Crippen molar-refractivity contribution in [2.75, 3.05) is 0 Å². The van der Waals surface area contributed by atoms with Crippen LogP contribution in [-0.2, 0) is 4.79 Å². The number of hydrogen-bond donors (Lipinski definition) is 2. The van der Waals surface area contributed by atoms with Gasteiger partial charge in [-0.05, 0) is 32.4 Å². The minimum Gasteiger partial charge on any atom is -0.481 e. The molecule has 0 radical (unpaired) electrons. The number of aromatic nitrogens is 1. The van der Waals surface area contributed by atoms with E-state index in [2.05, 4.69) is 4.98 Å². The van der Waals surface area contributed by atoms with E-state index >= 15 is 0 Å². The van der Waals surface area contributed by atoms with Crippen molar-refractivity contribution in [1.29, 1.82) is 0 Å². The van der Waals surface area contributed by atoms with Gasteiger partial charge in [-0.25, -0.2) is 0 Å². The zero-order chi connectivity index (χ0) is 11.6. The molecule has 0 aliphatic heterocycles. The molecule has 2 N–H and O–H groups in total. The van der Waals surface area contributed by atoms with Gasteiger partial charge < -0.3 is 10.2 Å². The highest BCUT2D eigenvalue weighted by molar-refractivity contribution is 5.74. The van der Waals surface area contributed by atoms with Gasteiger partial charge in [-0.2, -0.15) is 0 Å². The number of rotatable bonds is 3. The molecule has 1 aromatic heterocycles. The van der Waals surface area contributed by atoms with E-state index < -0.39 is 17.5 Å². The molecule has 1 heterocycles. The van der Waals surface area contributed by atoms with E-state index in [0.29, 0.717) is 5.56 Å². The highest BCUT2D eigenvalue weighted by Crippen LogP contribution is 2.32. The fraction of sp³-hybridized carbons (Fsp3) is 0.455. The van der Waals surface area contributed by atoms with Gasteiger partial charge in [-0.1, -0.05) is 6.07 Å². The first-order valence-corrected chi connectivity index (χ1v) is 4.69. The predicted molar refractivity (Wildman–Crippen MR) is 55.4 cm³/mol. The number of hydrogen-bond acceptors (Lipinski definition) is 3. The van der Waals surface area contributed by atoms with E-state index in [-0.39, 0.29) is 0 Å². The van der Waals surface area contributed by atoms with Gasteiger partial charge in [0, 0.05) is 11.9 Å². The first-order valence-electron chi connectivity index (χ1n) is 4.69. The maximum atomic E-state index is 10.9. The molecule has 4 nitrogen and oxygen atoms in total. The zero-order valence-corrected chi connectivity index (χ0v) is 9.06. The number of carboxylic acids is 1. The normalized spacial score (nSPS) is 13.6. The fourth-order valence-electron chi connectivity index (χ4n) is 1.17. The Kier molecular flexibility index (Phi) is 3.09. The number of carbonyl (C=O) groups is 1. The summed E-state index contributed by atoms with van der Waals surface area (Å²) < 4.78 is 0. The molecule has 0 aliphatic rings. The lowest BCUT2D eigenvalue weighted by Gasteiger charge is -2.25. The standard InChI is InChI=1S/C11H15NO3/c1-7-4-5-8(6-12-7)9(13)11(2,3)10(14)15/h4-6,9,13H,1-3H3,(H,14,15). The Hall–Kier alpha value is -1.42. The van der Waals surface area contributed by atoms with E-state index in [1.165, 1.54) is 20.0 Å². The quantitative estimate of drug-likeness (QED) is 0.792. The zero-order valence-electron chi connectivity index (χ0n) is 9.06. The van der Waals surface area contributed by atoms with Crippen LogP contribution < -0.4 is 0 Å². The molecule has 0 aliphatic carbocycles. The minimum absolute atomic E-state index is 0.521. The summed E-state index contributed by atoms with van der Waals surface area (Å²) in [7, 11) is 0. The lowest BCUT2D eigenvalue weighted by molar-refractivity contribution is -0.153. The Morgan fingerprint density at radius 3 is 2.47 bits per heavy atom. The maximum absolute atomic E-state index is 10.9. The Labute approximate surface area is 88.6 Å². The van der Waals surface area contributed by atoms with E-state index in [9.17, 15) is 9.90 Å². The highest BCUT2D eigenvalue weighted by Gasteiger charge is 2.36. The molecule has 1 rings (SSSR count). The average molecular weight is 209 g/mol. The Bertz CT molecular complexity index is 357. The van der Waals surface area contributed by atoms with Crippen LogP contribution in [0.25, 0.3) is 0 Å². The third kappa shape index (κ3) is 2.33. The van der Waals surface area contributed by atoms with Crippen molar-refractivity contribution in [3.05, 3.63) is 29.6 Å². The van der Waals surface area contributed by atoms with Crippen molar-refractivity contribution >= 4 is 5.97 Å². The van der Waals surface area contributed by atoms with E-state index in [1.54, 1.807) is 12.1 Å². The van der Waals surface area contributed by atoms with Gasteiger partial charge in [0.2, 0.25) is 0 Å². The van der Waals surface area contributed by atoms with Crippen LogP contribution in [0.15, 0.2) is 18.3 Å². The molecule has 1 aromatic rings. The van der Waals surface area contributed by atoms with Crippen LogP contribution in [0.5, 0.6) is 0 Å². The molecule has 0 bridgehead atoms. The summed E-state index contributed by atoms with van der Waals surface area (Å²) in [6.07, 6.45) is 0.452. The molecule has 15 heavy (non-hydrogen) atoms. The molecule has 4 heteroatoms. The number of aryl methyl sites for hydroxylation is 1. The number of aliphatic hydroxyl groups excluding tert-OH is 1. The number of nitrogens with zero attached hydrogens (tertiary/aromatic N) is 1. The fourth-order valence-corrected chi connectivity index (χ4v) is 1.17. The average Bonchev–Trinajstić information content (AvgIpc) is 2.17. The van der Waals surface area contributed by atoms with E-state index in [1.807, 2.05) is 6.92 Å². The molecule has 0 spiro atoms. The number of aliphatic hydroxyl groups is 1.